The zero-order valence-corrected chi connectivity index (χ0v) is 8.59. The van der Waals surface area contributed by atoms with Crippen molar-refractivity contribution in [2.45, 2.75) is 6.42 Å². The minimum Gasteiger partial charge on any atom is -0.508 e. The zero-order chi connectivity index (χ0) is 6.69. The van der Waals surface area contributed by atoms with Crippen molar-refractivity contribution in [3.8, 4) is 5.75 Å². The summed E-state index contributed by atoms with van der Waals surface area (Å²) < 4.78 is 0. The topological polar surface area (TPSA) is 20.2 Å². The largest absolute Gasteiger partial charge is 0.508 e. The molecule has 0 heterocycles. The number of benzene rings is 1. The Morgan fingerprint density at radius 2 is 1.70 bits per heavy atom. The maximum atomic E-state index is 8.83. The number of rotatable bonds is 1. The molecule has 1 rings (SSSR count). The van der Waals surface area contributed by atoms with Crippen LogP contribution in [0.3, 0.4) is 0 Å². The Kier molecular flexibility index (Phi) is 4.93. The molecule has 1 nitrogen and oxygen atoms in total. The molecule has 1 N–H and O–H groups in total. The summed E-state index contributed by atoms with van der Waals surface area (Å²) >= 11 is 0. The Hall–Kier alpha value is 0.124. The Balaban J connectivity index is 0.000000810. The predicted molar refractivity (Wildman–Crippen MR) is 37.2 cm³/mol. The number of phenolic OH excluding ortho intramolecular Hbond substituents is 1. The van der Waals surface area contributed by atoms with E-state index in [1.54, 1.807) is 12.1 Å². The van der Waals surface area contributed by atoms with E-state index in [2.05, 4.69) is 6.92 Å². The van der Waals surface area contributed by atoms with Gasteiger partial charge in [0.15, 0.2) is 0 Å². The molecule has 1 aromatic rings. The zero-order valence-electron chi connectivity index (χ0n) is 5.75. The fourth-order valence-electron chi connectivity index (χ4n) is 0.663. The Morgan fingerprint density at radius 3 is 2.10 bits per heavy atom. The molecule has 0 aromatic heterocycles. The first kappa shape index (κ1) is 10.1. The summed E-state index contributed by atoms with van der Waals surface area (Å²) in [6, 6.07) is 7.06. The van der Waals surface area contributed by atoms with E-state index in [9.17, 15) is 0 Å². The smallest absolute Gasteiger partial charge is 0.115 e. The van der Waals surface area contributed by atoms with Gasteiger partial charge in [-0.15, -0.1) is 0 Å². The maximum absolute atomic E-state index is 8.83. The van der Waals surface area contributed by atoms with Gasteiger partial charge in [-0.05, 0) is 12.1 Å². The minimum atomic E-state index is 0. The SMILES string of the molecule is [CH2-]Cc1ccc(O)cc1.[Y]. The molecule has 1 aromatic carbocycles. The second-order valence-electron chi connectivity index (χ2n) is 1.92. The van der Waals surface area contributed by atoms with Gasteiger partial charge in [-0.1, -0.05) is 17.7 Å². The van der Waals surface area contributed by atoms with Crippen molar-refractivity contribution in [1.29, 1.82) is 0 Å². The summed E-state index contributed by atoms with van der Waals surface area (Å²) in [6.45, 7) is 3.70. The molecule has 0 unspecified atom stereocenters. The van der Waals surface area contributed by atoms with Gasteiger partial charge in [-0.2, -0.15) is 6.42 Å². The second kappa shape index (κ2) is 4.87. The van der Waals surface area contributed by atoms with Crippen molar-refractivity contribution < 1.29 is 37.8 Å². The summed E-state index contributed by atoms with van der Waals surface area (Å²) in [5, 5.41) is 8.83. The molecule has 51 valence electrons. The molecule has 0 aliphatic rings. The fraction of sp³-hybridized carbons (Fsp3) is 0.125. The van der Waals surface area contributed by atoms with Crippen LogP contribution < -0.4 is 0 Å². The maximum Gasteiger partial charge on any atom is 0.115 e. The molecule has 0 atom stereocenters. The van der Waals surface area contributed by atoms with Crippen molar-refractivity contribution in [3.63, 3.8) is 0 Å². The molecule has 0 aliphatic heterocycles. The van der Waals surface area contributed by atoms with Gasteiger partial charge in [-0.3, -0.25) is 0 Å². The Labute approximate surface area is 86.3 Å². The summed E-state index contributed by atoms with van der Waals surface area (Å²) in [4.78, 5) is 0. The van der Waals surface area contributed by atoms with Crippen molar-refractivity contribution >= 4 is 0 Å². The van der Waals surface area contributed by atoms with Crippen LogP contribution in [0.15, 0.2) is 24.3 Å². The van der Waals surface area contributed by atoms with Crippen molar-refractivity contribution in [1.82, 2.24) is 0 Å². The van der Waals surface area contributed by atoms with Crippen molar-refractivity contribution in [2.75, 3.05) is 0 Å². The van der Waals surface area contributed by atoms with Crippen LogP contribution in [0.2, 0.25) is 0 Å². The van der Waals surface area contributed by atoms with Crippen molar-refractivity contribution in [3.05, 3.63) is 36.8 Å². The van der Waals surface area contributed by atoms with Gasteiger partial charge in [0.25, 0.3) is 0 Å². The number of hydrogen-bond acceptors (Lipinski definition) is 1. The second-order valence-corrected chi connectivity index (χ2v) is 1.92. The van der Waals surface area contributed by atoms with E-state index in [-0.39, 0.29) is 32.7 Å². The summed E-state index contributed by atoms with van der Waals surface area (Å²) in [6.07, 6.45) is 0.778. The average molecular weight is 210 g/mol. The molecule has 0 saturated heterocycles. The van der Waals surface area contributed by atoms with E-state index in [0.717, 1.165) is 12.0 Å². The standard InChI is InChI=1S/C8H9O.Y/c1-2-7-3-5-8(9)6-4-7;/h3-6,9H,1-2H2;/q-1;. The first-order valence-corrected chi connectivity index (χ1v) is 2.90. The number of aromatic hydroxyl groups is 1. The van der Waals surface area contributed by atoms with Crippen LogP contribution in [-0.2, 0) is 39.1 Å². The van der Waals surface area contributed by atoms with Gasteiger partial charge in [-0.25, -0.2) is 0 Å². The molecule has 10 heavy (non-hydrogen) atoms. The van der Waals surface area contributed by atoms with Crippen LogP contribution >= 0.6 is 0 Å². The Morgan fingerprint density at radius 1 is 1.20 bits per heavy atom. The molecule has 0 aliphatic carbocycles. The summed E-state index contributed by atoms with van der Waals surface area (Å²) in [7, 11) is 0. The molecule has 0 saturated carbocycles. The molecule has 0 spiro atoms. The predicted octanol–water partition coefficient (Wildman–Crippen LogP) is 1.77. The quantitative estimate of drug-likeness (QED) is 0.700. The molecule has 1 radical (unpaired) electrons. The van der Waals surface area contributed by atoms with Crippen LogP contribution in [0.25, 0.3) is 0 Å². The average Bonchev–Trinajstić information content (AvgIpc) is 1.90. The van der Waals surface area contributed by atoms with Gasteiger partial charge in [0.05, 0.1) is 0 Å². The van der Waals surface area contributed by atoms with Gasteiger partial charge >= 0.3 is 0 Å². The summed E-state index contributed by atoms with van der Waals surface area (Å²) in [5.41, 5.74) is 1.15. The molecular formula is C8H9OY-. The fourth-order valence-corrected chi connectivity index (χ4v) is 0.663. The van der Waals surface area contributed by atoms with E-state index in [4.69, 9.17) is 5.11 Å². The number of phenols is 1. The van der Waals surface area contributed by atoms with Crippen LogP contribution in [0.5, 0.6) is 5.75 Å². The number of hydrogen-bond donors (Lipinski definition) is 1. The van der Waals surface area contributed by atoms with Crippen molar-refractivity contribution in [2.24, 2.45) is 0 Å². The third-order valence-electron chi connectivity index (χ3n) is 1.23. The first-order valence-electron chi connectivity index (χ1n) is 2.90. The van der Waals surface area contributed by atoms with E-state index in [1.165, 1.54) is 0 Å². The van der Waals surface area contributed by atoms with Crippen LogP contribution in [0.4, 0.5) is 0 Å². The van der Waals surface area contributed by atoms with Crippen LogP contribution in [0, 0.1) is 6.92 Å². The van der Waals surface area contributed by atoms with E-state index >= 15 is 0 Å². The van der Waals surface area contributed by atoms with E-state index in [1.807, 2.05) is 12.1 Å². The normalized spacial score (nSPS) is 8.50. The van der Waals surface area contributed by atoms with E-state index in [0.29, 0.717) is 5.75 Å². The monoisotopic (exact) mass is 210 g/mol. The molecule has 2 heteroatoms. The van der Waals surface area contributed by atoms with Gasteiger partial charge in [0, 0.05) is 32.7 Å². The van der Waals surface area contributed by atoms with Crippen LogP contribution in [-0.4, -0.2) is 5.11 Å². The van der Waals surface area contributed by atoms with E-state index < -0.39 is 0 Å². The molecule has 0 amide bonds. The molecular weight excluding hydrogens is 201 g/mol. The summed E-state index contributed by atoms with van der Waals surface area (Å²) in [5.74, 6) is 0.312. The van der Waals surface area contributed by atoms with Crippen LogP contribution in [0.1, 0.15) is 5.56 Å². The first-order chi connectivity index (χ1) is 4.33. The third-order valence-corrected chi connectivity index (χ3v) is 1.23. The third kappa shape index (κ3) is 2.80. The van der Waals surface area contributed by atoms with Gasteiger partial charge < -0.3 is 12.0 Å². The molecule has 0 bridgehead atoms. The minimum absolute atomic E-state index is 0. The molecule has 0 fully saturated rings. The Bertz CT molecular complexity index is 181. The van der Waals surface area contributed by atoms with Gasteiger partial charge in [0.2, 0.25) is 0 Å². The van der Waals surface area contributed by atoms with Gasteiger partial charge in [0.1, 0.15) is 5.75 Å².